The fourth-order valence-corrected chi connectivity index (χ4v) is 12.5. The van der Waals surface area contributed by atoms with E-state index >= 15 is 0 Å². The van der Waals surface area contributed by atoms with E-state index in [9.17, 15) is 19.5 Å². The number of ether oxygens (including phenoxy) is 2. The Morgan fingerprint density at radius 1 is 0.829 bits per heavy atom. The minimum Gasteiger partial charge on any atom is -0.469 e. The molecule has 5 aliphatic rings. The summed E-state index contributed by atoms with van der Waals surface area (Å²) in [5.74, 6) is 1.25. The van der Waals surface area contributed by atoms with Gasteiger partial charge in [0.05, 0.1) is 12.5 Å². The van der Waals surface area contributed by atoms with Crippen molar-refractivity contribution in [2.45, 2.75) is 119 Å². The van der Waals surface area contributed by atoms with Gasteiger partial charge in [-0.2, -0.15) is 0 Å². The first-order valence-corrected chi connectivity index (χ1v) is 16.2. The Kier molecular flexibility index (Phi) is 7.65. The first-order chi connectivity index (χ1) is 19.1. The average Bonchev–Trinajstić information content (AvgIpc) is 3.31. The smallest absolute Gasteiger partial charge is 0.312 e. The van der Waals surface area contributed by atoms with E-state index in [0.717, 1.165) is 69.8 Å². The van der Waals surface area contributed by atoms with E-state index in [2.05, 4.69) is 34.6 Å². The van der Waals surface area contributed by atoms with Crippen LogP contribution in [0.1, 0.15) is 113 Å². The summed E-state index contributed by atoms with van der Waals surface area (Å²) < 4.78 is 11.4. The molecule has 5 rings (SSSR count). The molecular formula is C35H54O6. The van der Waals surface area contributed by atoms with Crippen LogP contribution in [0.15, 0.2) is 11.6 Å². The third kappa shape index (κ3) is 4.23. The third-order valence-electron chi connectivity index (χ3n) is 14.4. The number of fused-ring (bicyclic) bond motifs is 7. The zero-order valence-electron chi connectivity index (χ0n) is 26.8. The maximum Gasteiger partial charge on any atom is 0.312 e. The molecular weight excluding hydrogens is 516 g/mol. The van der Waals surface area contributed by atoms with Crippen LogP contribution in [0.25, 0.3) is 0 Å². The molecule has 0 radical (unpaired) electrons. The predicted octanol–water partition coefficient (Wildman–Crippen LogP) is 6.68. The van der Waals surface area contributed by atoms with Crippen LogP contribution in [-0.4, -0.2) is 42.6 Å². The minimum atomic E-state index is -0.491. The summed E-state index contributed by atoms with van der Waals surface area (Å²) in [4.78, 5) is 37.8. The van der Waals surface area contributed by atoms with Crippen LogP contribution in [0.4, 0.5) is 0 Å². The zero-order valence-corrected chi connectivity index (χ0v) is 26.8. The number of carbonyl (C=O) groups excluding carboxylic acids is 3. The van der Waals surface area contributed by atoms with Crippen molar-refractivity contribution in [3.8, 4) is 0 Å². The zero-order chi connectivity index (χ0) is 30.2. The van der Waals surface area contributed by atoms with Gasteiger partial charge < -0.3 is 14.6 Å². The van der Waals surface area contributed by atoms with Gasteiger partial charge in [0.2, 0.25) is 0 Å². The highest BCUT2D eigenvalue weighted by molar-refractivity contribution is 5.91. The summed E-state index contributed by atoms with van der Waals surface area (Å²) in [6.07, 6.45) is 11.7. The van der Waals surface area contributed by atoms with E-state index in [0.29, 0.717) is 17.8 Å². The largest absolute Gasteiger partial charge is 0.469 e. The van der Waals surface area contributed by atoms with Gasteiger partial charge in [-0.15, -0.1) is 0 Å². The number of rotatable bonds is 5. The molecule has 0 spiro atoms. The van der Waals surface area contributed by atoms with Crippen molar-refractivity contribution < 1.29 is 29.0 Å². The van der Waals surface area contributed by atoms with Crippen LogP contribution in [0, 0.1) is 56.7 Å². The van der Waals surface area contributed by atoms with Crippen LogP contribution in [0.5, 0.6) is 0 Å². The molecule has 0 aromatic heterocycles. The summed E-state index contributed by atoms with van der Waals surface area (Å²) in [6.45, 7) is 15.4. The van der Waals surface area contributed by atoms with Crippen LogP contribution in [0.3, 0.4) is 0 Å². The molecule has 0 amide bonds. The van der Waals surface area contributed by atoms with Gasteiger partial charge in [-0.3, -0.25) is 14.4 Å². The van der Waals surface area contributed by atoms with Crippen molar-refractivity contribution in [3.05, 3.63) is 11.6 Å². The number of ketones is 1. The summed E-state index contributed by atoms with van der Waals surface area (Å²) in [7, 11) is 1.53. The number of carbonyl (C=O) groups is 3. The standard InChI is InChI=1S/C35H54O6/c1-21(19-23(38)20-36)24-11-16-35(30(39)40-8)18-17-33(6)25(29(24)35)9-10-27-32(5)14-13-28(41-22(2)37)31(3,4)26(32)12-15-34(27,33)7/h19,24-29,36H,9-18,20H2,1-8H3/t24?,25?,26?,27?,28-,29?,32-,33+,34+,35-/m0/s1. The van der Waals surface area contributed by atoms with Crippen molar-refractivity contribution in [2.75, 3.05) is 13.7 Å². The number of aliphatic hydroxyl groups is 1. The molecule has 0 saturated heterocycles. The Bertz CT molecular complexity index is 1120. The second kappa shape index (κ2) is 10.2. The number of esters is 2. The van der Waals surface area contributed by atoms with Crippen LogP contribution < -0.4 is 0 Å². The quantitative estimate of drug-likeness (QED) is 0.293. The van der Waals surface area contributed by atoms with E-state index < -0.39 is 12.0 Å². The Balaban J connectivity index is 1.53. The molecule has 0 aromatic rings. The van der Waals surface area contributed by atoms with Crippen LogP contribution in [0.2, 0.25) is 0 Å². The molecule has 6 nitrogen and oxygen atoms in total. The molecule has 230 valence electrons. The maximum absolute atomic E-state index is 13.6. The summed E-state index contributed by atoms with van der Waals surface area (Å²) >= 11 is 0. The Labute approximate surface area is 247 Å². The van der Waals surface area contributed by atoms with E-state index in [4.69, 9.17) is 9.47 Å². The molecule has 5 unspecified atom stereocenters. The molecule has 5 aliphatic carbocycles. The van der Waals surface area contributed by atoms with E-state index in [1.807, 2.05) is 6.92 Å². The Morgan fingerprint density at radius 2 is 1.54 bits per heavy atom. The average molecular weight is 571 g/mol. The summed E-state index contributed by atoms with van der Waals surface area (Å²) in [5, 5.41) is 9.45. The Hall–Kier alpha value is -1.69. The van der Waals surface area contributed by atoms with Crippen molar-refractivity contribution in [3.63, 3.8) is 0 Å². The molecule has 1 N–H and O–H groups in total. The van der Waals surface area contributed by atoms with Gasteiger partial charge in [-0.25, -0.2) is 0 Å². The fraction of sp³-hybridized carbons (Fsp3) is 0.857. The van der Waals surface area contributed by atoms with Gasteiger partial charge >= 0.3 is 11.9 Å². The van der Waals surface area contributed by atoms with E-state index in [1.165, 1.54) is 14.0 Å². The SMILES string of the molecule is COC(=O)[C@]12CCC(C(C)=CC(=O)CO)C1C1CCC3[C@@]4(C)CC[C@H](OC(C)=O)C(C)(C)C4CC[C@@]3(C)[C@]1(C)CC2. The second-order valence-electron chi connectivity index (χ2n) is 16.0. The molecule has 0 aromatic carbocycles. The maximum atomic E-state index is 13.6. The first kappa shape index (κ1) is 30.8. The van der Waals surface area contributed by atoms with Crippen molar-refractivity contribution in [2.24, 2.45) is 56.7 Å². The molecule has 5 fully saturated rings. The Morgan fingerprint density at radius 3 is 2.17 bits per heavy atom. The highest BCUT2D eigenvalue weighted by Crippen LogP contribution is 2.77. The van der Waals surface area contributed by atoms with Gasteiger partial charge in [0.15, 0.2) is 5.78 Å². The van der Waals surface area contributed by atoms with Gasteiger partial charge in [-0.1, -0.05) is 40.2 Å². The van der Waals surface area contributed by atoms with E-state index in [1.54, 1.807) is 6.08 Å². The highest BCUT2D eigenvalue weighted by atomic mass is 16.5. The molecule has 5 saturated carbocycles. The monoisotopic (exact) mass is 570 g/mol. The molecule has 10 atom stereocenters. The van der Waals surface area contributed by atoms with Crippen molar-refractivity contribution >= 4 is 17.7 Å². The lowest BCUT2D eigenvalue weighted by atomic mass is 9.32. The van der Waals surface area contributed by atoms with Gasteiger partial charge in [0, 0.05) is 12.3 Å². The number of hydrogen-bond acceptors (Lipinski definition) is 6. The molecule has 41 heavy (non-hydrogen) atoms. The number of hydrogen-bond donors (Lipinski definition) is 1. The number of methoxy groups -OCH3 is 1. The predicted molar refractivity (Wildman–Crippen MR) is 158 cm³/mol. The minimum absolute atomic E-state index is 0.0275. The molecule has 6 heteroatoms. The molecule has 0 heterocycles. The van der Waals surface area contributed by atoms with Crippen LogP contribution in [-0.2, 0) is 23.9 Å². The fourth-order valence-electron chi connectivity index (χ4n) is 12.5. The normalized spacial score (nSPS) is 46.8. The topological polar surface area (TPSA) is 89.9 Å². The highest BCUT2D eigenvalue weighted by Gasteiger charge is 2.72. The number of aliphatic hydroxyl groups excluding tert-OH is 1. The molecule has 0 aliphatic heterocycles. The number of allylic oxidation sites excluding steroid dienone is 1. The lowest BCUT2D eigenvalue weighted by Gasteiger charge is -2.72. The van der Waals surface area contributed by atoms with Gasteiger partial charge in [0.25, 0.3) is 0 Å². The van der Waals surface area contributed by atoms with Gasteiger partial charge in [-0.05, 0) is 123 Å². The molecule has 0 bridgehead atoms. The second-order valence-corrected chi connectivity index (χ2v) is 16.0. The summed E-state index contributed by atoms with van der Waals surface area (Å²) in [6, 6.07) is 0. The lowest BCUT2D eigenvalue weighted by molar-refractivity contribution is -0.250. The third-order valence-corrected chi connectivity index (χ3v) is 14.4. The van der Waals surface area contributed by atoms with Crippen molar-refractivity contribution in [1.82, 2.24) is 0 Å². The van der Waals surface area contributed by atoms with E-state index in [-0.39, 0.29) is 57.3 Å². The summed E-state index contributed by atoms with van der Waals surface area (Å²) in [5.41, 5.74) is 0.845. The lowest BCUT2D eigenvalue weighted by Crippen LogP contribution is -2.67. The van der Waals surface area contributed by atoms with Crippen molar-refractivity contribution in [1.29, 1.82) is 0 Å². The van der Waals surface area contributed by atoms with Crippen LogP contribution >= 0.6 is 0 Å². The van der Waals surface area contributed by atoms with Gasteiger partial charge in [0.1, 0.15) is 12.7 Å². The first-order valence-electron chi connectivity index (χ1n) is 16.2.